The van der Waals surface area contributed by atoms with E-state index in [9.17, 15) is 4.79 Å². The molecule has 1 aromatic carbocycles. The van der Waals surface area contributed by atoms with Gasteiger partial charge in [-0.2, -0.15) is 4.40 Å². The van der Waals surface area contributed by atoms with Gasteiger partial charge in [0.05, 0.1) is 5.56 Å². The first-order chi connectivity index (χ1) is 13.1. The molecule has 3 aromatic heterocycles. The van der Waals surface area contributed by atoms with Gasteiger partial charge in [-0.3, -0.25) is 4.79 Å². The number of pyridine rings is 2. The Labute approximate surface area is 162 Å². The fourth-order valence-corrected chi connectivity index (χ4v) is 3.12. The maximum atomic E-state index is 11.1. The molecule has 28 heavy (non-hydrogen) atoms. The number of esters is 1. The highest BCUT2D eigenvalue weighted by atomic mass is 35.7. The standard InChI is InChI=1S/C19H16N2O2.ClHO4/c1-12(23-13(2)22)14-7-8-18-19-16(9-10-21(18)11-14)15-5-3-4-6-17(15)20-19;2-1(3,4)5/h3-12H,1-2H3;(H,2,3,4,5). The van der Waals surface area contributed by atoms with E-state index in [4.69, 9.17) is 23.4 Å². The van der Waals surface area contributed by atoms with Gasteiger partial charge in [0.1, 0.15) is 11.6 Å². The van der Waals surface area contributed by atoms with Gasteiger partial charge >= 0.3 is 5.97 Å². The normalized spacial score (nSPS) is 12.6. The van der Waals surface area contributed by atoms with Crippen molar-refractivity contribution < 1.29 is 42.8 Å². The van der Waals surface area contributed by atoms with Gasteiger partial charge in [-0.05, 0) is 19.1 Å². The number of carbonyl (C=O) groups excluding carboxylic acids is 1. The van der Waals surface area contributed by atoms with Crippen LogP contribution in [0.2, 0.25) is 0 Å². The van der Waals surface area contributed by atoms with Crippen molar-refractivity contribution in [1.82, 2.24) is 4.98 Å². The monoisotopic (exact) mass is 404 g/mol. The van der Waals surface area contributed by atoms with E-state index in [2.05, 4.69) is 39.7 Å². The Morgan fingerprint density at radius 1 is 1.07 bits per heavy atom. The zero-order valence-electron chi connectivity index (χ0n) is 15.0. The quantitative estimate of drug-likeness (QED) is 0.333. The summed E-state index contributed by atoms with van der Waals surface area (Å²) >= 11 is 0. The molecular formula is C19H17ClN2O6. The molecule has 9 heteroatoms. The largest absolute Gasteiger partial charge is 0.458 e. The molecule has 0 saturated heterocycles. The van der Waals surface area contributed by atoms with Crippen LogP contribution in [0.3, 0.4) is 0 Å². The number of halogens is 1. The van der Waals surface area contributed by atoms with E-state index in [1.165, 1.54) is 17.7 Å². The van der Waals surface area contributed by atoms with Crippen molar-refractivity contribution in [3.63, 3.8) is 0 Å². The summed E-state index contributed by atoms with van der Waals surface area (Å²) in [5.74, 6) is -0.270. The molecule has 1 atom stereocenters. The number of rotatable bonds is 2. The van der Waals surface area contributed by atoms with Crippen LogP contribution < -0.4 is 23.0 Å². The number of H-pyrrole nitrogens is 1. The second-order valence-electron chi connectivity index (χ2n) is 6.16. The van der Waals surface area contributed by atoms with E-state index in [0.717, 1.165) is 22.1 Å². The van der Waals surface area contributed by atoms with Crippen LogP contribution in [0.1, 0.15) is 25.5 Å². The van der Waals surface area contributed by atoms with Crippen molar-refractivity contribution in [3.05, 3.63) is 60.4 Å². The summed E-state index contributed by atoms with van der Waals surface area (Å²) in [5.41, 5.74) is 4.30. The van der Waals surface area contributed by atoms with Crippen molar-refractivity contribution in [3.8, 4) is 0 Å². The predicted molar refractivity (Wildman–Crippen MR) is 89.1 cm³/mol. The van der Waals surface area contributed by atoms with Gasteiger partial charge in [-0.25, -0.2) is 18.6 Å². The Morgan fingerprint density at radius 2 is 1.75 bits per heavy atom. The summed E-state index contributed by atoms with van der Waals surface area (Å²) in [6, 6.07) is 14.5. The van der Waals surface area contributed by atoms with Crippen molar-refractivity contribution in [1.29, 1.82) is 0 Å². The highest BCUT2D eigenvalue weighted by Crippen LogP contribution is 2.27. The van der Waals surface area contributed by atoms with E-state index >= 15 is 0 Å². The smallest absolute Gasteiger partial charge is 0.303 e. The minimum Gasteiger partial charge on any atom is -0.458 e. The van der Waals surface area contributed by atoms with Crippen molar-refractivity contribution in [2.45, 2.75) is 20.0 Å². The lowest BCUT2D eigenvalue weighted by atomic mass is 10.1. The van der Waals surface area contributed by atoms with Gasteiger partial charge < -0.3 is 9.72 Å². The number of aromatic nitrogens is 2. The number of fused-ring (bicyclic) bond motifs is 5. The summed E-state index contributed by atoms with van der Waals surface area (Å²) in [5, 5.41) is 2.43. The number of nitrogens with one attached hydrogen (secondary N) is 1. The SMILES string of the molecule is CC(=O)OC(C)c1ccc2c3[nH]c4ccccc4c3cc[n+]2c1.[O-][Cl+3]([O-])([O-])[O-]. The summed E-state index contributed by atoms with van der Waals surface area (Å²) in [6.45, 7) is 3.31. The van der Waals surface area contributed by atoms with E-state index in [-0.39, 0.29) is 12.1 Å². The molecule has 8 nitrogen and oxygen atoms in total. The lowest BCUT2D eigenvalue weighted by molar-refractivity contribution is -2.00. The Morgan fingerprint density at radius 3 is 2.43 bits per heavy atom. The van der Waals surface area contributed by atoms with Gasteiger partial charge in [0.25, 0.3) is 0 Å². The summed E-state index contributed by atoms with van der Waals surface area (Å²) in [6.07, 6.45) is 3.79. The van der Waals surface area contributed by atoms with Gasteiger partial charge in [0.15, 0.2) is 12.4 Å². The van der Waals surface area contributed by atoms with Crippen LogP contribution in [0.5, 0.6) is 0 Å². The van der Waals surface area contributed by atoms with Gasteiger partial charge in [-0.15, -0.1) is 10.2 Å². The van der Waals surface area contributed by atoms with Crippen LogP contribution in [-0.4, -0.2) is 11.0 Å². The summed E-state index contributed by atoms with van der Waals surface area (Å²) < 4.78 is 41.3. The first-order valence-electron chi connectivity index (χ1n) is 8.27. The summed E-state index contributed by atoms with van der Waals surface area (Å²) in [4.78, 5) is 14.6. The molecule has 0 aliphatic heterocycles. The number of hydrogen-bond acceptors (Lipinski definition) is 6. The zero-order chi connectivity index (χ0) is 20.5. The molecule has 0 bridgehead atoms. The van der Waals surface area contributed by atoms with Crippen molar-refractivity contribution in [2.24, 2.45) is 0 Å². The minimum absolute atomic E-state index is 0.261. The molecule has 1 N–H and O–H groups in total. The van der Waals surface area contributed by atoms with Gasteiger partial charge in [0, 0.05) is 35.3 Å². The third kappa shape index (κ3) is 4.56. The van der Waals surface area contributed by atoms with Crippen LogP contribution in [0.4, 0.5) is 0 Å². The van der Waals surface area contributed by atoms with Crippen molar-refractivity contribution in [2.75, 3.05) is 0 Å². The first kappa shape index (κ1) is 20.0. The molecule has 4 rings (SSSR count). The van der Waals surface area contributed by atoms with Crippen LogP contribution in [0.25, 0.3) is 27.3 Å². The van der Waals surface area contributed by atoms with E-state index in [1.807, 2.05) is 31.5 Å². The molecule has 3 heterocycles. The van der Waals surface area contributed by atoms with E-state index in [0.29, 0.717) is 0 Å². The molecule has 0 fully saturated rings. The molecular weight excluding hydrogens is 388 g/mol. The maximum absolute atomic E-state index is 11.1. The molecule has 4 aromatic rings. The maximum Gasteiger partial charge on any atom is 0.303 e. The average Bonchev–Trinajstić information content (AvgIpc) is 2.98. The molecule has 146 valence electrons. The number of benzene rings is 1. The highest BCUT2D eigenvalue weighted by molar-refractivity contribution is 6.10. The lowest BCUT2D eigenvalue weighted by Crippen LogP contribution is -2.68. The Bertz CT molecular complexity index is 1150. The fourth-order valence-electron chi connectivity index (χ4n) is 3.12. The van der Waals surface area contributed by atoms with E-state index < -0.39 is 10.2 Å². The molecule has 0 saturated carbocycles. The fraction of sp³-hybridized carbons (Fsp3) is 0.158. The highest BCUT2D eigenvalue weighted by Gasteiger charge is 2.16. The van der Waals surface area contributed by atoms with Gasteiger partial charge in [-0.1, -0.05) is 18.2 Å². The van der Waals surface area contributed by atoms with Crippen LogP contribution >= 0.6 is 0 Å². The number of nitrogens with zero attached hydrogens (tertiary/aromatic N) is 1. The third-order valence-corrected chi connectivity index (χ3v) is 4.22. The Hall–Kier alpha value is -2.75. The molecule has 1 unspecified atom stereocenters. The first-order valence-corrected chi connectivity index (χ1v) is 9.50. The average molecular weight is 405 g/mol. The van der Waals surface area contributed by atoms with E-state index in [1.54, 1.807) is 0 Å². The van der Waals surface area contributed by atoms with Gasteiger partial charge in [0.2, 0.25) is 5.52 Å². The molecule has 0 spiro atoms. The molecule has 0 radical (unpaired) electrons. The second-order valence-corrected chi connectivity index (χ2v) is 6.92. The minimum atomic E-state index is -4.94. The number of ether oxygens (including phenoxy) is 1. The van der Waals surface area contributed by atoms with Crippen LogP contribution in [0.15, 0.2) is 54.9 Å². The van der Waals surface area contributed by atoms with Crippen LogP contribution in [0, 0.1) is 10.2 Å². The molecule has 0 aliphatic carbocycles. The van der Waals surface area contributed by atoms with Crippen LogP contribution in [-0.2, 0) is 9.53 Å². The second kappa shape index (κ2) is 7.70. The molecule has 0 aliphatic rings. The number of aromatic amines is 1. The topological polar surface area (TPSA) is 138 Å². The number of para-hydroxylation sites is 1. The Balaban J connectivity index is 0.000000403. The molecule has 0 amide bonds. The number of carbonyl (C=O) groups is 1. The lowest BCUT2D eigenvalue weighted by Gasteiger charge is -2.17. The Kier molecular flexibility index (Phi) is 5.50. The zero-order valence-corrected chi connectivity index (χ0v) is 15.8. The van der Waals surface area contributed by atoms with Crippen molar-refractivity contribution >= 4 is 33.3 Å². The third-order valence-electron chi connectivity index (χ3n) is 4.22. The number of hydrogen-bond donors (Lipinski definition) is 1. The predicted octanol–water partition coefficient (Wildman–Crippen LogP) is -1.07. The summed E-state index contributed by atoms with van der Waals surface area (Å²) in [7, 11) is -4.94.